The molecule has 0 aliphatic rings. The molecule has 1 heterocycles. The second-order valence-corrected chi connectivity index (χ2v) is 7.61. The van der Waals surface area contributed by atoms with Gasteiger partial charge in [0, 0.05) is 13.6 Å². The van der Waals surface area contributed by atoms with Gasteiger partial charge in [0.25, 0.3) is 0 Å². The maximum atomic E-state index is 12.5. The van der Waals surface area contributed by atoms with Crippen LogP contribution in [0.15, 0.2) is 65.8 Å². The van der Waals surface area contributed by atoms with Gasteiger partial charge in [-0.3, -0.25) is 4.79 Å². The van der Waals surface area contributed by atoms with Crippen molar-refractivity contribution in [2.24, 2.45) is 0 Å². The van der Waals surface area contributed by atoms with Crippen molar-refractivity contribution in [2.45, 2.75) is 11.7 Å². The van der Waals surface area contributed by atoms with Gasteiger partial charge in [0.05, 0.1) is 23.9 Å². The van der Waals surface area contributed by atoms with Crippen molar-refractivity contribution in [3.05, 3.63) is 66.2 Å². The first-order chi connectivity index (χ1) is 13.6. The fourth-order valence-electron chi connectivity index (χ4n) is 3.10. The average molecular weight is 391 g/mol. The number of amides is 1. The lowest BCUT2D eigenvalue weighted by Crippen LogP contribution is -2.27. The van der Waals surface area contributed by atoms with Gasteiger partial charge in [0.15, 0.2) is 5.16 Å². The number of imidazole rings is 1. The zero-order chi connectivity index (χ0) is 19.5. The number of thioether (sulfide) groups is 1. The molecule has 0 fully saturated rings. The quantitative estimate of drug-likeness (QED) is 0.493. The highest BCUT2D eigenvalue weighted by atomic mass is 32.2. The van der Waals surface area contributed by atoms with E-state index in [-0.39, 0.29) is 5.91 Å². The number of hydrogen-bond donors (Lipinski definition) is 1. The Bertz CT molecular complexity index is 1110. The Morgan fingerprint density at radius 3 is 2.71 bits per heavy atom. The van der Waals surface area contributed by atoms with E-state index in [1.165, 1.54) is 11.8 Å². The second kappa shape index (κ2) is 7.94. The minimum absolute atomic E-state index is 0.0697. The van der Waals surface area contributed by atoms with Crippen molar-refractivity contribution in [3.8, 4) is 5.75 Å². The zero-order valence-electron chi connectivity index (χ0n) is 15.8. The second-order valence-electron chi connectivity index (χ2n) is 6.65. The summed E-state index contributed by atoms with van der Waals surface area (Å²) in [5, 5.41) is 3.02. The maximum absolute atomic E-state index is 12.5. The lowest BCUT2D eigenvalue weighted by atomic mass is 10.1. The van der Waals surface area contributed by atoms with E-state index in [4.69, 9.17) is 4.74 Å². The molecule has 0 unspecified atom stereocenters. The molecular weight excluding hydrogens is 370 g/mol. The van der Waals surface area contributed by atoms with Crippen LogP contribution in [0.5, 0.6) is 5.75 Å². The molecule has 0 saturated carbocycles. The molecule has 0 atom stereocenters. The molecule has 0 aliphatic carbocycles. The number of nitrogens with zero attached hydrogens (tertiary/aromatic N) is 2. The number of benzene rings is 3. The van der Waals surface area contributed by atoms with Gasteiger partial charge >= 0.3 is 0 Å². The lowest BCUT2D eigenvalue weighted by Gasteiger charge is -2.17. The van der Waals surface area contributed by atoms with E-state index >= 15 is 0 Å². The zero-order valence-corrected chi connectivity index (χ0v) is 16.6. The number of H-pyrrole nitrogens is 1. The molecule has 5 nitrogen and oxygen atoms in total. The van der Waals surface area contributed by atoms with Crippen LogP contribution in [0.1, 0.15) is 5.56 Å². The number of hydrogen-bond acceptors (Lipinski definition) is 4. The molecule has 0 aliphatic heterocycles. The van der Waals surface area contributed by atoms with Gasteiger partial charge in [-0.1, -0.05) is 42.1 Å². The van der Waals surface area contributed by atoms with E-state index in [1.54, 1.807) is 12.0 Å². The summed E-state index contributed by atoms with van der Waals surface area (Å²) in [6, 6.07) is 20.1. The van der Waals surface area contributed by atoms with Crippen molar-refractivity contribution in [1.29, 1.82) is 0 Å². The third-order valence-electron chi connectivity index (χ3n) is 4.66. The third-order valence-corrected chi connectivity index (χ3v) is 5.52. The summed E-state index contributed by atoms with van der Waals surface area (Å²) in [4.78, 5) is 22.0. The Labute approximate surface area is 167 Å². The third kappa shape index (κ3) is 3.97. The minimum Gasteiger partial charge on any atom is -0.497 e. The Hall–Kier alpha value is -2.99. The number of carbonyl (C=O) groups excluding carboxylic acids is 1. The van der Waals surface area contributed by atoms with Crippen LogP contribution in [0.4, 0.5) is 0 Å². The molecular formula is C22H21N3O2S. The van der Waals surface area contributed by atoms with E-state index in [2.05, 4.69) is 28.2 Å². The number of para-hydroxylation sites is 2. The van der Waals surface area contributed by atoms with Crippen LogP contribution < -0.4 is 4.74 Å². The molecule has 28 heavy (non-hydrogen) atoms. The Morgan fingerprint density at radius 2 is 1.89 bits per heavy atom. The molecule has 0 spiro atoms. The number of aromatic nitrogens is 2. The molecule has 6 heteroatoms. The molecule has 1 N–H and O–H groups in total. The number of aromatic amines is 1. The summed E-state index contributed by atoms with van der Waals surface area (Å²) in [6.07, 6.45) is 0. The molecule has 3 aromatic carbocycles. The smallest absolute Gasteiger partial charge is 0.233 e. The SMILES string of the molecule is COc1ccc2cc(CN(C)C(=O)CSc3nc4ccccc4[nH]3)ccc2c1. The molecule has 0 bridgehead atoms. The lowest BCUT2D eigenvalue weighted by molar-refractivity contribution is -0.127. The molecule has 4 aromatic rings. The minimum atomic E-state index is 0.0697. The number of fused-ring (bicyclic) bond motifs is 2. The van der Waals surface area contributed by atoms with Gasteiger partial charge in [-0.15, -0.1) is 0 Å². The summed E-state index contributed by atoms with van der Waals surface area (Å²) >= 11 is 1.43. The summed E-state index contributed by atoms with van der Waals surface area (Å²) in [6.45, 7) is 0.571. The number of methoxy groups -OCH3 is 1. The molecule has 1 aromatic heterocycles. The predicted octanol–water partition coefficient (Wildman–Crippen LogP) is 4.48. The Balaban J connectivity index is 1.39. The predicted molar refractivity (Wildman–Crippen MR) is 114 cm³/mol. The van der Waals surface area contributed by atoms with Crippen molar-refractivity contribution < 1.29 is 9.53 Å². The Kier molecular flexibility index (Phi) is 5.21. The summed E-state index contributed by atoms with van der Waals surface area (Å²) < 4.78 is 5.27. The molecule has 0 saturated heterocycles. The van der Waals surface area contributed by atoms with Gasteiger partial charge in [-0.05, 0) is 46.7 Å². The highest BCUT2D eigenvalue weighted by Gasteiger charge is 2.12. The van der Waals surface area contributed by atoms with Crippen LogP contribution in [-0.2, 0) is 11.3 Å². The molecule has 142 valence electrons. The molecule has 0 radical (unpaired) electrons. The molecule has 1 amide bonds. The van der Waals surface area contributed by atoms with Gasteiger partial charge in [0.2, 0.25) is 5.91 Å². The van der Waals surface area contributed by atoms with E-state index in [1.807, 2.05) is 49.5 Å². The Morgan fingerprint density at radius 1 is 1.11 bits per heavy atom. The van der Waals surface area contributed by atoms with E-state index in [0.717, 1.165) is 38.3 Å². The molecule has 4 rings (SSSR count). The van der Waals surface area contributed by atoms with Crippen molar-refractivity contribution in [2.75, 3.05) is 19.9 Å². The average Bonchev–Trinajstić information content (AvgIpc) is 3.14. The highest BCUT2D eigenvalue weighted by molar-refractivity contribution is 7.99. The summed E-state index contributed by atoms with van der Waals surface area (Å²) in [7, 11) is 3.50. The number of ether oxygens (including phenoxy) is 1. The van der Waals surface area contributed by atoms with E-state index in [0.29, 0.717) is 12.3 Å². The number of rotatable bonds is 6. The van der Waals surface area contributed by atoms with Crippen LogP contribution >= 0.6 is 11.8 Å². The first-order valence-corrected chi connectivity index (χ1v) is 9.99. The van der Waals surface area contributed by atoms with Gasteiger partial charge < -0.3 is 14.6 Å². The number of nitrogens with one attached hydrogen (secondary N) is 1. The van der Waals surface area contributed by atoms with Crippen LogP contribution in [0.3, 0.4) is 0 Å². The van der Waals surface area contributed by atoms with Gasteiger partial charge in [-0.25, -0.2) is 4.98 Å². The van der Waals surface area contributed by atoms with Crippen molar-refractivity contribution in [1.82, 2.24) is 14.9 Å². The maximum Gasteiger partial charge on any atom is 0.233 e. The fraction of sp³-hybridized carbons (Fsp3) is 0.182. The normalized spacial score (nSPS) is 11.1. The summed E-state index contributed by atoms with van der Waals surface area (Å²) in [5.41, 5.74) is 3.00. The van der Waals surface area contributed by atoms with Crippen LogP contribution in [-0.4, -0.2) is 40.7 Å². The first kappa shape index (κ1) is 18.4. The number of carbonyl (C=O) groups is 1. The van der Waals surface area contributed by atoms with Crippen molar-refractivity contribution >= 4 is 39.5 Å². The van der Waals surface area contributed by atoms with Crippen LogP contribution in [0.25, 0.3) is 21.8 Å². The van der Waals surface area contributed by atoms with Gasteiger partial charge in [0.1, 0.15) is 5.75 Å². The van der Waals surface area contributed by atoms with Gasteiger partial charge in [-0.2, -0.15) is 0 Å². The van der Waals surface area contributed by atoms with E-state index in [9.17, 15) is 4.79 Å². The topological polar surface area (TPSA) is 58.2 Å². The van der Waals surface area contributed by atoms with Crippen LogP contribution in [0.2, 0.25) is 0 Å². The fourth-order valence-corrected chi connectivity index (χ4v) is 3.92. The monoisotopic (exact) mass is 391 g/mol. The van der Waals surface area contributed by atoms with E-state index < -0.39 is 0 Å². The summed E-state index contributed by atoms with van der Waals surface area (Å²) in [5.74, 6) is 1.26. The highest BCUT2D eigenvalue weighted by Crippen LogP contribution is 2.23. The van der Waals surface area contributed by atoms with Crippen LogP contribution in [0, 0.1) is 0 Å². The van der Waals surface area contributed by atoms with Crippen molar-refractivity contribution in [3.63, 3.8) is 0 Å². The largest absolute Gasteiger partial charge is 0.497 e. The standard InChI is InChI=1S/C22H21N3O2S/c1-25(13-15-7-8-17-12-18(27-2)10-9-16(17)11-15)21(26)14-28-22-23-19-5-3-4-6-20(19)24-22/h3-12H,13-14H2,1-2H3,(H,23,24). The first-order valence-electron chi connectivity index (χ1n) is 9.00.